The zero-order valence-electron chi connectivity index (χ0n) is 9.95. The average Bonchev–Trinajstić information content (AvgIpc) is 2.37. The summed E-state index contributed by atoms with van der Waals surface area (Å²) in [6, 6.07) is 14.6. The van der Waals surface area contributed by atoms with Gasteiger partial charge in [-0.3, -0.25) is 0 Å². The van der Waals surface area contributed by atoms with E-state index in [1.165, 1.54) is 12.1 Å². The molecule has 2 aromatic carbocycles. The zero-order chi connectivity index (χ0) is 13.7. The molecule has 0 fully saturated rings. The van der Waals surface area contributed by atoms with E-state index in [-0.39, 0.29) is 5.75 Å². The Morgan fingerprint density at radius 2 is 1.84 bits per heavy atom. The highest BCUT2D eigenvalue weighted by Gasteiger charge is 2.03. The van der Waals surface area contributed by atoms with Gasteiger partial charge in [-0.15, -0.1) is 0 Å². The SMILES string of the molecule is FC(F)Oc1ccc(CNc2cccc(I)c2)cc1. The van der Waals surface area contributed by atoms with Gasteiger partial charge in [-0.2, -0.15) is 8.78 Å². The highest BCUT2D eigenvalue weighted by molar-refractivity contribution is 14.1. The number of benzene rings is 2. The van der Waals surface area contributed by atoms with Crippen LogP contribution in [0.4, 0.5) is 14.5 Å². The highest BCUT2D eigenvalue weighted by Crippen LogP contribution is 2.17. The molecule has 0 aliphatic rings. The maximum atomic E-state index is 12.0. The van der Waals surface area contributed by atoms with Crippen molar-refractivity contribution >= 4 is 28.3 Å². The summed E-state index contributed by atoms with van der Waals surface area (Å²) in [5.41, 5.74) is 2.03. The molecule has 0 atom stereocenters. The van der Waals surface area contributed by atoms with Gasteiger partial charge in [-0.05, 0) is 58.5 Å². The van der Waals surface area contributed by atoms with Crippen LogP contribution in [0.25, 0.3) is 0 Å². The van der Waals surface area contributed by atoms with Gasteiger partial charge in [0.25, 0.3) is 0 Å². The van der Waals surface area contributed by atoms with Crippen molar-refractivity contribution in [3.05, 3.63) is 57.7 Å². The maximum Gasteiger partial charge on any atom is 0.387 e. The van der Waals surface area contributed by atoms with Crippen LogP contribution in [0.3, 0.4) is 0 Å². The first kappa shape index (κ1) is 14.0. The quantitative estimate of drug-likeness (QED) is 0.777. The van der Waals surface area contributed by atoms with Gasteiger partial charge in [0.2, 0.25) is 0 Å². The first-order chi connectivity index (χ1) is 9.13. The maximum absolute atomic E-state index is 12.0. The van der Waals surface area contributed by atoms with E-state index in [2.05, 4.69) is 32.6 Å². The molecule has 0 bridgehead atoms. The van der Waals surface area contributed by atoms with Gasteiger partial charge in [-0.25, -0.2) is 0 Å². The Balaban J connectivity index is 1.93. The Bertz CT molecular complexity index is 531. The number of hydrogen-bond donors (Lipinski definition) is 1. The lowest BCUT2D eigenvalue weighted by Crippen LogP contribution is -2.02. The van der Waals surface area contributed by atoms with Crippen molar-refractivity contribution in [1.29, 1.82) is 0 Å². The van der Waals surface area contributed by atoms with Gasteiger partial charge in [0, 0.05) is 15.8 Å². The van der Waals surface area contributed by atoms with E-state index >= 15 is 0 Å². The minimum absolute atomic E-state index is 0.174. The largest absolute Gasteiger partial charge is 0.435 e. The Morgan fingerprint density at radius 1 is 1.11 bits per heavy atom. The van der Waals surface area contributed by atoms with E-state index in [0.29, 0.717) is 6.54 Å². The molecule has 2 aromatic rings. The van der Waals surface area contributed by atoms with Crippen molar-refractivity contribution in [2.45, 2.75) is 13.2 Å². The summed E-state index contributed by atoms with van der Waals surface area (Å²) in [6.45, 7) is -2.15. The third-order valence-electron chi connectivity index (χ3n) is 2.47. The van der Waals surface area contributed by atoms with Crippen LogP contribution >= 0.6 is 22.6 Å². The third kappa shape index (κ3) is 4.66. The molecular weight excluding hydrogens is 363 g/mol. The Morgan fingerprint density at radius 3 is 2.47 bits per heavy atom. The van der Waals surface area contributed by atoms with Crippen molar-refractivity contribution < 1.29 is 13.5 Å². The van der Waals surface area contributed by atoms with Gasteiger partial charge in [-0.1, -0.05) is 18.2 Å². The smallest absolute Gasteiger partial charge is 0.387 e. The van der Waals surface area contributed by atoms with Crippen LogP contribution in [0.15, 0.2) is 48.5 Å². The van der Waals surface area contributed by atoms with Crippen LogP contribution in [-0.2, 0) is 6.54 Å². The van der Waals surface area contributed by atoms with E-state index in [0.717, 1.165) is 14.8 Å². The zero-order valence-corrected chi connectivity index (χ0v) is 12.1. The minimum Gasteiger partial charge on any atom is -0.435 e. The van der Waals surface area contributed by atoms with Crippen LogP contribution < -0.4 is 10.1 Å². The molecule has 2 rings (SSSR count). The molecule has 0 aromatic heterocycles. The predicted octanol–water partition coefficient (Wildman–Crippen LogP) is 4.50. The fraction of sp³-hybridized carbons (Fsp3) is 0.143. The lowest BCUT2D eigenvalue weighted by Gasteiger charge is -2.08. The summed E-state index contributed by atoms with van der Waals surface area (Å²) in [5, 5.41) is 3.27. The molecular formula is C14H12F2INO. The number of hydrogen-bond acceptors (Lipinski definition) is 2. The standard InChI is InChI=1S/C14H12F2INO/c15-14(16)19-13-6-4-10(5-7-13)9-18-12-3-1-2-11(17)8-12/h1-8,14,18H,9H2. The Kier molecular flexibility index (Phi) is 4.95. The molecule has 0 aliphatic heterocycles. The highest BCUT2D eigenvalue weighted by atomic mass is 127. The lowest BCUT2D eigenvalue weighted by molar-refractivity contribution is -0.0498. The van der Waals surface area contributed by atoms with Gasteiger partial charge in [0.1, 0.15) is 5.75 Å². The topological polar surface area (TPSA) is 21.3 Å². The van der Waals surface area contributed by atoms with Gasteiger partial charge >= 0.3 is 6.61 Å². The number of ether oxygens (including phenoxy) is 1. The Labute approximate surface area is 123 Å². The molecule has 0 amide bonds. The van der Waals surface area contributed by atoms with Crippen molar-refractivity contribution in [2.24, 2.45) is 0 Å². The van der Waals surface area contributed by atoms with E-state index in [1.54, 1.807) is 12.1 Å². The normalized spacial score (nSPS) is 10.5. The van der Waals surface area contributed by atoms with Crippen molar-refractivity contribution in [1.82, 2.24) is 0 Å². The van der Waals surface area contributed by atoms with Crippen LogP contribution in [0.5, 0.6) is 5.75 Å². The van der Waals surface area contributed by atoms with E-state index in [1.807, 2.05) is 24.3 Å². The van der Waals surface area contributed by atoms with Crippen LogP contribution in [0.1, 0.15) is 5.56 Å². The fourth-order valence-electron chi connectivity index (χ4n) is 1.59. The second-order valence-corrected chi connectivity index (χ2v) is 5.13. The summed E-state index contributed by atoms with van der Waals surface area (Å²) in [5.74, 6) is 0.174. The molecule has 5 heteroatoms. The van der Waals surface area contributed by atoms with Crippen LogP contribution in [0.2, 0.25) is 0 Å². The van der Waals surface area contributed by atoms with Gasteiger partial charge in [0.15, 0.2) is 0 Å². The molecule has 0 saturated heterocycles. The first-order valence-corrected chi connectivity index (χ1v) is 6.74. The Hall–Kier alpha value is -1.37. The molecule has 0 radical (unpaired) electrons. The molecule has 0 unspecified atom stereocenters. The summed E-state index contributed by atoms with van der Waals surface area (Å²) < 4.78 is 29.4. The second-order valence-electron chi connectivity index (χ2n) is 3.89. The van der Waals surface area contributed by atoms with Crippen molar-refractivity contribution in [2.75, 3.05) is 5.32 Å². The van der Waals surface area contributed by atoms with E-state index in [9.17, 15) is 8.78 Å². The fourth-order valence-corrected chi connectivity index (χ4v) is 2.13. The number of anilines is 1. The lowest BCUT2D eigenvalue weighted by atomic mass is 10.2. The molecule has 0 aliphatic carbocycles. The summed E-state index contributed by atoms with van der Waals surface area (Å²) in [4.78, 5) is 0. The first-order valence-electron chi connectivity index (χ1n) is 5.67. The summed E-state index contributed by atoms with van der Waals surface area (Å²) in [7, 11) is 0. The monoisotopic (exact) mass is 375 g/mol. The van der Waals surface area contributed by atoms with Crippen LogP contribution in [-0.4, -0.2) is 6.61 Å². The molecule has 1 N–H and O–H groups in total. The number of nitrogens with one attached hydrogen (secondary N) is 1. The van der Waals surface area contributed by atoms with Gasteiger partial charge < -0.3 is 10.1 Å². The second kappa shape index (κ2) is 6.70. The molecule has 2 nitrogen and oxygen atoms in total. The van der Waals surface area contributed by atoms with E-state index < -0.39 is 6.61 Å². The van der Waals surface area contributed by atoms with Crippen molar-refractivity contribution in [3.63, 3.8) is 0 Å². The van der Waals surface area contributed by atoms with Crippen LogP contribution in [0, 0.1) is 3.57 Å². The van der Waals surface area contributed by atoms with Gasteiger partial charge in [0.05, 0.1) is 0 Å². The number of halogens is 3. The van der Waals surface area contributed by atoms with E-state index in [4.69, 9.17) is 0 Å². The number of alkyl halides is 2. The minimum atomic E-state index is -2.78. The molecule has 100 valence electrons. The summed E-state index contributed by atoms with van der Waals surface area (Å²) >= 11 is 2.25. The molecule has 0 spiro atoms. The molecule has 0 heterocycles. The summed E-state index contributed by atoms with van der Waals surface area (Å²) in [6.07, 6.45) is 0. The predicted molar refractivity (Wildman–Crippen MR) is 79.6 cm³/mol. The molecule has 0 saturated carbocycles. The van der Waals surface area contributed by atoms with Crippen molar-refractivity contribution in [3.8, 4) is 5.75 Å². The molecule has 19 heavy (non-hydrogen) atoms. The third-order valence-corrected chi connectivity index (χ3v) is 3.14. The number of rotatable bonds is 5. The average molecular weight is 375 g/mol.